The third kappa shape index (κ3) is 13.9. The second-order valence-electron chi connectivity index (χ2n) is 21.8. The Hall–Kier alpha value is -1.67. The van der Waals surface area contributed by atoms with Gasteiger partial charge in [-0.25, -0.2) is 4.98 Å². The number of allylic oxidation sites excluding steroid dienone is 3. The van der Waals surface area contributed by atoms with E-state index in [0.29, 0.717) is 6.42 Å². The maximum Gasteiger partial charge on any atom is 0.250 e. The van der Waals surface area contributed by atoms with Crippen LogP contribution in [0.3, 0.4) is 0 Å². The lowest BCUT2D eigenvalue weighted by Crippen LogP contribution is -2.52. The summed E-state index contributed by atoms with van der Waals surface area (Å²) in [6.07, 6.45) is 4.22. The van der Waals surface area contributed by atoms with Gasteiger partial charge in [-0.2, -0.15) is 0 Å². The van der Waals surface area contributed by atoms with E-state index in [0.717, 1.165) is 41.3 Å². The number of carbonyl (C=O) groups excluding carboxylic acids is 1. The summed E-state index contributed by atoms with van der Waals surface area (Å²) in [5.74, 6) is 0.735. The van der Waals surface area contributed by atoms with Crippen molar-refractivity contribution in [1.29, 1.82) is 0 Å². The van der Waals surface area contributed by atoms with E-state index in [4.69, 9.17) is 18.3 Å². The standard InChI is InChI=1S/C47H83NO5SSi3/c1-33(25-26-40(51-55(16,17)44(5,6)7)34(2)30-39-32-54-36(4)48-39)29-37-23-22-24-38(31-37)42(53-57(20,21)46(11,12)13)35(3)43(50)47(14,15)41(27-28-49)52-56(18,19)45(8,9)10/h22-25,31-32,35,41-42,49H,26-30H2,1-21H3/b33-25-,40-34+/t35-,41+,42-/m1/s1. The fourth-order valence-electron chi connectivity index (χ4n) is 6.22. The third-order valence-electron chi connectivity index (χ3n) is 13.3. The number of aliphatic hydroxyl groups excluding tert-OH is 1. The lowest BCUT2D eigenvalue weighted by Gasteiger charge is -2.45. The quantitative estimate of drug-likeness (QED) is 0.0861. The number of aliphatic hydroxyl groups is 1. The molecule has 6 nitrogen and oxygen atoms in total. The maximum absolute atomic E-state index is 14.9. The Morgan fingerprint density at radius 3 is 1.88 bits per heavy atom. The van der Waals surface area contributed by atoms with Gasteiger partial charge in [0, 0.05) is 36.2 Å². The Bertz CT molecular complexity index is 1700. The van der Waals surface area contributed by atoms with Crippen LogP contribution < -0.4 is 0 Å². The summed E-state index contributed by atoms with van der Waals surface area (Å²) in [6.45, 7) is 46.3. The Morgan fingerprint density at radius 1 is 0.842 bits per heavy atom. The molecule has 0 fully saturated rings. The molecule has 10 heteroatoms. The van der Waals surface area contributed by atoms with Crippen molar-refractivity contribution < 1.29 is 23.2 Å². The minimum Gasteiger partial charge on any atom is -0.546 e. The summed E-state index contributed by atoms with van der Waals surface area (Å²) < 4.78 is 21.2. The van der Waals surface area contributed by atoms with Gasteiger partial charge in [0.1, 0.15) is 5.78 Å². The minimum absolute atomic E-state index is 0.0261. The second kappa shape index (κ2) is 19.4. The lowest BCUT2D eigenvalue weighted by atomic mass is 9.74. The fraction of sp³-hybridized carbons (Fsp3) is 0.702. The first-order valence-corrected chi connectivity index (χ1v) is 30.8. The first kappa shape index (κ1) is 51.5. The SMILES string of the molecule is C/C(=C/C/C(O[Si](C)(C)C(C)(C)C)=C(/C)Cc1csc(C)n1)Cc1cccc([C@H](O[Si](C)(C)C(C)(C)C)[C@@H](C)C(=O)C(C)(C)[C@H](CCO)O[Si](C)(C)C(C)(C)C)c1. The van der Waals surface area contributed by atoms with Crippen molar-refractivity contribution in [3.8, 4) is 0 Å². The largest absolute Gasteiger partial charge is 0.546 e. The summed E-state index contributed by atoms with van der Waals surface area (Å²) in [7, 11) is -6.62. The number of rotatable bonds is 19. The molecule has 0 spiro atoms. The van der Waals surface area contributed by atoms with E-state index in [9.17, 15) is 9.90 Å². The molecule has 1 N–H and O–H groups in total. The highest BCUT2D eigenvalue weighted by Crippen LogP contribution is 2.46. The van der Waals surface area contributed by atoms with Crippen LogP contribution in [-0.4, -0.2) is 53.5 Å². The number of ketones is 1. The van der Waals surface area contributed by atoms with E-state index < -0.39 is 48.5 Å². The van der Waals surface area contributed by atoms with Gasteiger partial charge in [-0.15, -0.1) is 11.3 Å². The van der Waals surface area contributed by atoms with Crippen LogP contribution in [0.1, 0.15) is 138 Å². The second-order valence-corrected chi connectivity index (χ2v) is 37.1. The van der Waals surface area contributed by atoms with Crippen molar-refractivity contribution in [3.05, 3.63) is 74.5 Å². The van der Waals surface area contributed by atoms with Crippen LogP contribution in [0.25, 0.3) is 0 Å². The van der Waals surface area contributed by atoms with E-state index in [-0.39, 0.29) is 27.5 Å². The molecule has 3 atom stereocenters. The van der Waals surface area contributed by atoms with Gasteiger partial charge in [-0.05, 0) is 105 Å². The molecule has 57 heavy (non-hydrogen) atoms. The summed E-state index contributed by atoms with van der Waals surface area (Å²) in [6, 6.07) is 8.68. The number of hydrogen-bond donors (Lipinski definition) is 1. The molecule has 0 amide bonds. The first-order chi connectivity index (χ1) is 25.7. The third-order valence-corrected chi connectivity index (χ3v) is 27.5. The number of aromatic nitrogens is 1. The average Bonchev–Trinajstić information content (AvgIpc) is 3.46. The number of Topliss-reactive ketones (excluding diaryl/α,β-unsaturated/α-hetero) is 1. The van der Waals surface area contributed by atoms with E-state index in [1.165, 1.54) is 16.7 Å². The minimum atomic E-state index is -2.32. The van der Waals surface area contributed by atoms with Gasteiger partial charge in [-0.1, -0.05) is 119 Å². The molecule has 0 aliphatic rings. The molecule has 2 rings (SSSR count). The monoisotopic (exact) mass is 858 g/mol. The van der Waals surface area contributed by atoms with Crippen LogP contribution in [0, 0.1) is 18.3 Å². The average molecular weight is 859 g/mol. The number of benzene rings is 1. The molecule has 1 aromatic carbocycles. The summed E-state index contributed by atoms with van der Waals surface area (Å²) in [5, 5.41) is 13.4. The zero-order valence-corrected chi connectivity index (χ0v) is 44.0. The van der Waals surface area contributed by atoms with Crippen LogP contribution in [0.2, 0.25) is 54.4 Å². The highest BCUT2D eigenvalue weighted by molar-refractivity contribution is 7.09. The van der Waals surface area contributed by atoms with Crippen molar-refractivity contribution in [3.63, 3.8) is 0 Å². The predicted molar refractivity (Wildman–Crippen MR) is 253 cm³/mol. The van der Waals surface area contributed by atoms with Gasteiger partial charge in [0.2, 0.25) is 8.32 Å². The van der Waals surface area contributed by atoms with E-state index >= 15 is 0 Å². The van der Waals surface area contributed by atoms with E-state index in [2.05, 4.69) is 158 Å². The van der Waals surface area contributed by atoms with Crippen LogP contribution >= 0.6 is 11.3 Å². The van der Waals surface area contributed by atoms with Gasteiger partial charge in [0.15, 0.2) is 16.6 Å². The number of nitrogens with zero attached hydrogens (tertiary/aromatic N) is 1. The number of thiazole rings is 1. The van der Waals surface area contributed by atoms with Crippen LogP contribution in [0.5, 0.6) is 0 Å². The molecular formula is C47H83NO5SSi3. The van der Waals surface area contributed by atoms with Gasteiger partial charge < -0.3 is 18.4 Å². The van der Waals surface area contributed by atoms with Crippen LogP contribution in [0.15, 0.2) is 52.6 Å². The van der Waals surface area contributed by atoms with Gasteiger partial charge in [0.25, 0.3) is 0 Å². The molecule has 0 unspecified atom stereocenters. The molecular weight excluding hydrogens is 775 g/mol. The topological polar surface area (TPSA) is 77.9 Å². The normalized spacial score (nSPS) is 16.3. The van der Waals surface area contributed by atoms with Crippen molar-refractivity contribution >= 4 is 42.1 Å². The van der Waals surface area contributed by atoms with Crippen LogP contribution in [-0.2, 0) is 30.9 Å². The van der Waals surface area contributed by atoms with E-state index in [1.54, 1.807) is 11.3 Å². The molecule has 0 bridgehead atoms. The Kier molecular flexibility index (Phi) is 17.5. The van der Waals surface area contributed by atoms with Crippen molar-refractivity contribution in [2.45, 2.75) is 196 Å². The molecule has 324 valence electrons. The molecule has 1 heterocycles. The molecule has 0 radical (unpaired) electrons. The number of aryl methyl sites for hydroxylation is 1. The molecule has 0 aliphatic heterocycles. The highest BCUT2D eigenvalue weighted by Gasteiger charge is 2.49. The van der Waals surface area contributed by atoms with Crippen molar-refractivity contribution in [2.75, 3.05) is 6.61 Å². The number of hydrogen-bond acceptors (Lipinski definition) is 7. The maximum atomic E-state index is 14.9. The van der Waals surface area contributed by atoms with Gasteiger partial charge in [0.05, 0.1) is 28.7 Å². The smallest absolute Gasteiger partial charge is 0.250 e. The Morgan fingerprint density at radius 2 is 1.39 bits per heavy atom. The van der Waals surface area contributed by atoms with Gasteiger partial charge in [-0.3, -0.25) is 4.79 Å². The zero-order chi connectivity index (χ0) is 44.2. The Balaban J connectivity index is 2.55. The molecule has 2 aromatic rings. The Labute approximate surface area is 357 Å². The first-order valence-electron chi connectivity index (χ1n) is 21.2. The summed E-state index contributed by atoms with van der Waals surface area (Å²) in [4.78, 5) is 19.6. The van der Waals surface area contributed by atoms with E-state index in [1.807, 2.05) is 20.8 Å². The predicted octanol–water partition coefficient (Wildman–Crippen LogP) is 13.9. The van der Waals surface area contributed by atoms with Crippen molar-refractivity contribution in [2.24, 2.45) is 11.3 Å². The zero-order valence-electron chi connectivity index (χ0n) is 40.2. The molecule has 0 aliphatic carbocycles. The molecule has 0 saturated heterocycles. The van der Waals surface area contributed by atoms with Crippen molar-refractivity contribution in [1.82, 2.24) is 4.98 Å². The molecule has 0 saturated carbocycles. The summed E-state index contributed by atoms with van der Waals surface area (Å²) in [5.41, 5.74) is 4.98. The van der Waals surface area contributed by atoms with Crippen LogP contribution in [0.4, 0.5) is 0 Å². The lowest BCUT2D eigenvalue weighted by molar-refractivity contribution is -0.140. The number of carbonyl (C=O) groups is 1. The molecule has 1 aromatic heterocycles. The fourth-order valence-corrected chi connectivity index (χ4v) is 10.8. The van der Waals surface area contributed by atoms with Gasteiger partial charge >= 0.3 is 0 Å². The summed E-state index contributed by atoms with van der Waals surface area (Å²) >= 11 is 1.70. The highest BCUT2D eigenvalue weighted by atomic mass is 32.1.